The van der Waals surface area contributed by atoms with Crippen molar-refractivity contribution in [1.82, 2.24) is 9.78 Å². The van der Waals surface area contributed by atoms with Gasteiger partial charge in [0.05, 0.1) is 11.4 Å². The average molecular weight is 284 g/mol. The summed E-state index contributed by atoms with van der Waals surface area (Å²) in [6.07, 6.45) is 3.61. The minimum Gasteiger partial charge on any atom is -0.371 e. The van der Waals surface area contributed by atoms with E-state index in [-0.39, 0.29) is 11.9 Å². The molecule has 1 aromatic heterocycles. The first-order chi connectivity index (χ1) is 10.2. The van der Waals surface area contributed by atoms with Gasteiger partial charge in [-0.2, -0.15) is 5.10 Å². The van der Waals surface area contributed by atoms with Crippen molar-refractivity contribution in [2.45, 2.75) is 25.8 Å². The van der Waals surface area contributed by atoms with E-state index in [1.165, 1.54) is 0 Å². The van der Waals surface area contributed by atoms with Gasteiger partial charge in [-0.3, -0.25) is 9.48 Å². The summed E-state index contributed by atoms with van der Waals surface area (Å²) < 4.78 is 1.79. The van der Waals surface area contributed by atoms with Crippen LogP contribution in [-0.2, 0) is 18.3 Å². The SMILES string of the molecule is CCc1nn(C)cc1N[C@H]1CCN(c2ccccc2)C1=O. The predicted molar refractivity (Wildman–Crippen MR) is 83.4 cm³/mol. The monoisotopic (exact) mass is 284 g/mol. The molecule has 0 radical (unpaired) electrons. The first-order valence-corrected chi connectivity index (χ1v) is 7.34. The van der Waals surface area contributed by atoms with E-state index in [9.17, 15) is 4.79 Å². The Morgan fingerprint density at radius 2 is 2.10 bits per heavy atom. The van der Waals surface area contributed by atoms with Gasteiger partial charge in [0.1, 0.15) is 6.04 Å². The standard InChI is InChI=1S/C16H20N4O/c1-3-13-15(11-19(2)18-13)17-14-9-10-20(16(14)21)12-7-5-4-6-8-12/h4-8,11,14,17H,3,9-10H2,1-2H3/t14-/m0/s1. The molecule has 1 atom stereocenters. The minimum atomic E-state index is -0.167. The highest BCUT2D eigenvalue weighted by atomic mass is 16.2. The lowest BCUT2D eigenvalue weighted by Gasteiger charge is -2.17. The molecule has 2 aromatic rings. The Kier molecular flexibility index (Phi) is 3.64. The Bertz CT molecular complexity index is 635. The molecule has 0 bridgehead atoms. The van der Waals surface area contributed by atoms with Gasteiger partial charge >= 0.3 is 0 Å². The van der Waals surface area contributed by atoms with Crippen LogP contribution in [-0.4, -0.2) is 28.3 Å². The molecule has 0 unspecified atom stereocenters. The number of hydrogen-bond acceptors (Lipinski definition) is 3. The molecule has 1 saturated heterocycles. The first kappa shape index (κ1) is 13.7. The van der Waals surface area contributed by atoms with E-state index in [1.54, 1.807) is 4.68 Å². The highest BCUT2D eigenvalue weighted by Gasteiger charge is 2.32. The Hall–Kier alpha value is -2.30. The van der Waals surface area contributed by atoms with Gasteiger partial charge in [0.25, 0.3) is 0 Å². The number of carbonyl (C=O) groups is 1. The number of nitrogens with one attached hydrogen (secondary N) is 1. The number of hydrogen-bond donors (Lipinski definition) is 1. The number of anilines is 2. The molecule has 1 fully saturated rings. The average Bonchev–Trinajstić information content (AvgIpc) is 3.04. The molecule has 1 aliphatic rings. The maximum absolute atomic E-state index is 12.6. The van der Waals surface area contributed by atoms with Gasteiger partial charge in [-0.1, -0.05) is 25.1 Å². The van der Waals surface area contributed by atoms with E-state index in [2.05, 4.69) is 17.3 Å². The Morgan fingerprint density at radius 3 is 2.81 bits per heavy atom. The smallest absolute Gasteiger partial charge is 0.249 e. The first-order valence-electron chi connectivity index (χ1n) is 7.34. The molecule has 1 aliphatic heterocycles. The molecule has 0 saturated carbocycles. The van der Waals surface area contributed by atoms with E-state index < -0.39 is 0 Å². The van der Waals surface area contributed by atoms with Crippen molar-refractivity contribution < 1.29 is 4.79 Å². The molecule has 1 amide bonds. The lowest BCUT2D eigenvalue weighted by atomic mass is 10.2. The highest BCUT2D eigenvalue weighted by Crippen LogP contribution is 2.24. The van der Waals surface area contributed by atoms with Gasteiger partial charge in [0.2, 0.25) is 5.91 Å². The summed E-state index contributed by atoms with van der Waals surface area (Å²) in [5.74, 6) is 0.132. The fourth-order valence-electron chi connectivity index (χ4n) is 2.78. The van der Waals surface area contributed by atoms with Crippen LogP contribution in [0.5, 0.6) is 0 Å². The van der Waals surface area contributed by atoms with Gasteiger partial charge in [0.15, 0.2) is 0 Å². The summed E-state index contributed by atoms with van der Waals surface area (Å²) in [4.78, 5) is 14.4. The summed E-state index contributed by atoms with van der Waals surface area (Å²) in [7, 11) is 1.90. The van der Waals surface area contributed by atoms with Gasteiger partial charge in [-0.25, -0.2) is 0 Å². The molecule has 0 spiro atoms. The van der Waals surface area contributed by atoms with Gasteiger partial charge in [-0.15, -0.1) is 0 Å². The number of aromatic nitrogens is 2. The van der Waals surface area contributed by atoms with Crippen molar-refractivity contribution in [2.24, 2.45) is 7.05 Å². The van der Waals surface area contributed by atoms with Crippen LogP contribution in [0.25, 0.3) is 0 Å². The van der Waals surface area contributed by atoms with Crippen molar-refractivity contribution in [1.29, 1.82) is 0 Å². The number of nitrogens with zero attached hydrogens (tertiary/aromatic N) is 3. The summed E-state index contributed by atoms with van der Waals surface area (Å²) in [6.45, 7) is 2.82. The van der Waals surface area contributed by atoms with E-state index in [4.69, 9.17) is 0 Å². The highest BCUT2D eigenvalue weighted by molar-refractivity contribution is 6.01. The lowest BCUT2D eigenvalue weighted by Crippen LogP contribution is -2.33. The quantitative estimate of drug-likeness (QED) is 0.936. The molecule has 1 aromatic carbocycles. The number of rotatable bonds is 4. The number of aryl methyl sites for hydroxylation is 2. The molecular weight excluding hydrogens is 264 g/mol. The number of amides is 1. The van der Waals surface area contributed by atoms with Crippen LogP contribution < -0.4 is 10.2 Å². The summed E-state index contributed by atoms with van der Waals surface area (Å²) in [5, 5.41) is 7.76. The Balaban J connectivity index is 1.75. The molecule has 1 N–H and O–H groups in total. The zero-order valence-corrected chi connectivity index (χ0v) is 12.4. The van der Waals surface area contributed by atoms with Crippen molar-refractivity contribution >= 4 is 17.3 Å². The zero-order chi connectivity index (χ0) is 14.8. The van der Waals surface area contributed by atoms with Crippen LogP contribution in [0.15, 0.2) is 36.5 Å². The number of para-hydroxylation sites is 1. The lowest BCUT2D eigenvalue weighted by molar-refractivity contribution is -0.117. The summed E-state index contributed by atoms with van der Waals surface area (Å²) in [6, 6.07) is 9.66. The number of carbonyl (C=O) groups excluding carboxylic acids is 1. The van der Waals surface area contributed by atoms with Crippen LogP contribution in [0.1, 0.15) is 19.0 Å². The minimum absolute atomic E-state index is 0.132. The second-order valence-electron chi connectivity index (χ2n) is 5.33. The van der Waals surface area contributed by atoms with E-state index in [0.717, 1.165) is 36.5 Å². The molecule has 0 aliphatic carbocycles. The molecule has 3 rings (SSSR count). The van der Waals surface area contributed by atoms with E-state index in [1.807, 2.05) is 48.5 Å². The topological polar surface area (TPSA) is 50.2 Å². The normalized spacial score (nSPS) is 18.3. The Labute approximate surface area is 124 Å². The van der Waals surface area contributed by atoms with Crippen molar-refractivity contribution in [3.8, 4) is 0 Å². The molecule has 110 valence electrons. The van der Waals surface area contributed by atoms with Crippen molar-refractivity contribution in [2.75, 3.05) is 16.8 Å². The fourth-order valence-corrected chi connectivity index (χ4v) is 2.78. The molecule has 21 heavy (non-hydrogen) atoms. The van der Waals surface area contributed by atoms with E-state index >= 15 is 0 Å². The van der Waals surface area contributed by atoms with Crippen molar-refractivity contribution in [3.05, 3.63) is 42.2 Å². The second-order valence-corrected chi connectivity index (χ2v) is 5.33. The third kappa shape index (κ3) is 2.63. The summed E-state index contributed by atoms with van der Waals surface area (Å²) in [5.41, 5.74) is 2.94. The molecule has 5 heteroatoms. The fraction of sp³-hybridized carbons (Fsp3) is 0.375. The predicted octanol–water partition coefficient (Wildman–Crippen LogP) is 2.20. The number of benzene rings is 1. The molecular formula is C16H20N4O. The third-order valence-electron chi connectivity index (χ3n) is 3.84. The molecule has 2 heterocycles. The van der Waals surface area contributed by atoms with Gasteiger partial charge in [-0.05, 0) is 25.0 Å². The largest absolute Gasteiger partial charge is 0.371 e. The van der Waals surface area contributed by atoms with Crippen LogP contribution in [0.3, 0.4) is 0 Å². The van der Waals surface area contributed by atoms with E-state index in [0.29, 0.717) is 0 Å². The van der Waals surface area contributed by atoms with Crippen LogP contribution in [0.2, 0.25) is 0 Å². The maximum Gasteiger partial charge on any atom is 0.249 e. The van der Waals surface area contributed by atoms with Crippen molar-refractivity contribution in [3.63, 3.8) is 0 Å². The Morgan fingerprint density at radius 1 is 1.33 bits per heavy atom. The third-order valence-corrected chi connectivity index (χ3v) is 3.84. The van der Waals surface area contributed by atoms with Gasteiger partial charge < -0.3 is 10.2 Å². The van der Waals surface area contributed by atoms with Crippen LogP contribution in [0, 0.1) is 0 Å². The van der Waals surface area contributed by atoms with Gasteiger partial charge in [0, 0.05) is 25.5 Å². The molecule has 5 nitrogen and oxygen atoms in total. The summed E-state index contributed by atoms with van der Waals surface area (Å²) >= 11 is 0. The second kappa shape index (κ2) is 5.60. The zero-order valence-electron chi connectivity index (χ0n) is 12.4. The van der Waals surface area contributed by atoms with Crippen LogP contribution >= 0.6 is 0 Å². The maximum atomic E-state index is 12.6. The van der Waals surface area contributed by atoms with Crippen LogP contribution in [0.4, 0.5) is 11.4 Å².